The Balaban J connectivity index is 4.53. The van der Waals surface area contributed by atoms with Crippen molar-refractivity contribution in [1.29, 1.82) is 0 Å². The van der Waals surface area contributed by atoms with Crippen LogP contribution in [-0.4, -0.2) is 21.1 Å². The first-order valence-electron chi connectivity index (χ1n) is 1.51. The second-order valence-corrected chi connectivity index (χ2v) is 3.23. The van der Waals surface area contributed by atoms with Crippen LogP contribution in [-0.2, 0) is 9.69 Å². The molecule has 0 unspecified atom stereocenters. The molecular weight excluding hydrogens is 144 g/mol. The summed E-state index contributed by atoms with van der Waals surface area (Å²) >= 11 is 0. The summed E-state index contributed by atoms with van der Waals surface area (Å²) in [6.07, 6.45) is 0. The van der Waals surface area contributed by atoms with Crippen LogP contribution in [0.4, 0.5) is 13.2 Å². The molecular formula is CH2BF3O2S. The molecule has 0 bridgehead atoms. The van der Waals surface area contributed by atoms with E-state index in [1.165, 1.54) is 0 Å². The van der Waals surface area contributed by atoms with E-state index in [-0.39, 0.29) is 7.12 Å². The van der Waals surface area contributed by atoms with Crippen molar-refractivity contribution >= 4 is 16.8 Å². The molecule has 0 amide bonds. The van der Waals surface area contributed by atoms with Crippen molar-refractivity contribution in [2.45, 2.75) is 5.51 Å². The smallest absolute Gasteiger partial charge is 0.233 e. The highest BCUT2D eigenvalue weighted by molar-refractivity contribution is 8.12. The van der Waals surface area contributed by atoms with Crippen molar-refractivity contribution in [3.8, 4) is 0 Å². The van der Waals surface area contributed by atoms with Crippen LogP contribution in [0.25, 0.3) is 0 Å². The summed E-state index contributed by atoms with van der Waals surface area (Å²) in [5, 5.41) is 0. The molecule has 0 aliphatic carbocycles. The van der Waals surface area contributed by atoms with Crippen molar-refractivity contribution in [3.63, 3.8) is 0 Å². The standard InChI is InChI=1S/CH2BF3O2S/c2-8(6,7)1(3,4)5/h2H2. The third-order valence-electron chi connectivity index (χ3n) is 0.420. The number of alkyl halides is 3. The highest BCUT2D eigenvalue weighted by Crippen LogP contribution is 2.20. The molecule has 0 aromatic heterocycles. The van der Waals surface area contributed by atoms with Crippen molar-refractivity contribution in [2.24, 2.45) is 0 Å². The monoisotopic (exact) mass is 146 g/mol. The minimum Gasteiger partial charge on any atom is -0.233 e. The van der Waals surface area contributed by atoms with Gasteiger partial charge in [0.15, 0.2) is 9.69 Å². The Hall–Kier alpha value is -0.195. The van der Waals surface area contributed by atoms with E-state index in [4.69, 9.17) is 0 Å². The normalized spacial score (nSPS) is 13.9. The molecule has 0 aromatic rings. The molecule has 0 saturated carbocycles. The van der Waals surface area contributed by atoms with Gasteiger partial charge >= 0.3 is 5.51 Å². The first-order valence-corrected chi connectivity index (χ1v) is 3.40. The fourth-order valence-electron chi connectivity index (χ4n) is 0. The highest BCUT2D eigenvalue weighted by atomic mass is 32.2. The maximum absolute atomic E-state index is 11.0. The lowest BCUT2D eigenvalue weighted by molar-refractivity contribution is -0.0413. The van der Waals surface area contributed by atoms with Gasteiger partial charge in [-0.25, -0.2) is 8.42 Å². The van der Waals surface area contributed by atoms with E-state index < -0.39 is 15.2 Å². The van der Waals surface area contributed by atoms with Gasteiger partial charge in [-0.15, -0.1) is 0 Å². The van der Waals surface area contributed by atoms with Gasteiger partial charge in [-0.3, -0.25) is 0 Å². The van der Waals surface area contributed by atoms with E-state index in [1.54, 1.807) is 0 Å². The Morgan fingerprint density at radius 3 is 1.38 bits per heavy atom. The first-order chi connectivity index (χ1) is 3.25. The van der Waals surface area contributed by atoms with Gasteiger partial charge < -0.3 is 0 Å². The molecule has 0 spiro atoms. The zero-order chi connectivity index (χ0) is 7.00. The molecule has 2 nitrogen and oxygen atoms in total. The molecule has 0 aromatic carbocycles. The van der Waals surface area contributed by atoms with Crippen LogP contribution in [0.3, 0.4) is 0 Å². The Kier molecular flexibility index (Phi) is 1.61. The van der Waals surface area contributed by atoms with Gasteiger partial charge in [0.05, 0.1) is 0 Å². The summed E-state index contributed by atoms with van der Waals surface area (Å²) in [7, 11) is -4.72. The minimum absolute atomic E-state index is 0.118. The fourth-order valence-corrected chi connectivity index (χ4v) is 0. The van der Waals surface area contributed by atoms with Gasteiger partial charge in [-0.1, -0.05) is 0 Å². The van der Waals surface area contributed by atoms with E-state index in [9.17, 15) is 21.6 Å². The summed E-state index contributed by atoms with van der Waals surface area (Å²) in [6.45, 7) is 0. The van der Waals surface area contributed by atoms with Crippen molar-refractivity contribution in [1.82, 2.24) is 0 Å². The fraction of sp³-hybridized carbons (Fsp3) is 1.00. The number of hydrogen-bond donors (Lipinski definition) is 0. The van der Waals surface area contributed by atoms with Gasteiger partial charge in [-0.05, 0) is 0 Å². The SMILES string of the molecule is BS(=O)(=O)C(F)(F)F. The molecule has 0 rings (SSSR count). The largest absolute Gasteiger partial charge is 0.486 e. The quantitative estimate of drug-likeness (QED) is 0.430. The molecule has 0 aliphatic rings. The maximum atomic E-state index is 11.0. The zero-order valence-corrected chi connectivity index (χ0v) is 4.68. The van der Waals surface area contributed by atoms with Crippen LogP contribution in [0.5, 0.6) is 0 Å². The van der Waals surface area contributed by atoms with Crippen LogP contribution >= 0.6 is 0 Å². The van der Waals surface area contributed by atoms with Gasteiger partial charge in [-0.2, -0.15) is 13.2 Å². The van der Waals surface area contributed by atoms with Crippen LogP contribution in [0.2, 0.25) is 0 Å². The van der Waals surface area contributed by atoms with Crippen molar-refractivity contribution in [2.75, 3.05) is 0 Å². The van der Waals surface area contributed by atoms with Gasteiger partial charge in [0.2, 0.25) is 0 Å². The summed E-state index contributed by atoms with van der Waals surface area (Å²) in [5.74, 6) is 0. The van der Waals surface area contributed by atoms with Crippen LogP contribution in [0.1, 0.15) is 0 Å². The van der Waals surface area contributed by atoms with Crippen molar-refractivity contribution in [3.05, 3.63) is 0 Å². The molecule has 8 heavy (non-hydrogen) atoms. The summed E-state index contributed by atoms with van der Waals surface area (Å²) in [4.78, 5) is 0. The van der Waals surface area contributed by atoms with E-state index in [2.05, 4.69) is 0 Å². The predicted octanol–water partition coefficient (Wildman–Crippen LogP) is -0.531. The molecule has 0 N–H and O–H groups in total. The second kappa shape index (κ2) is 1.65. The summed E-state index contributed by atoms with van der Waals surface area (Å²) in [5.41, 5.74) is -5.09. The number of halogens is 3. The maximum Gasteiger partial charge on any atom is 0.486 e. The molecule has 0 radical (unpaired) electrons. The predicted molar refractivity (Wildman–Crippen MR) is 23.5 cm³/mol. The van der Waals surface area contributed by atoms with E-state index in [1.807, 2.05) is 0 Å². The third-order valence-corrected chi connectivity index (χ3v) is 1.26. The third kappa shape index (κ3) is 1.73. The van der Waals surface area contributed by atoms with Crippen molar-refractivity contribution < 1.29 is 21.6 Å². The van der Waals surface area contributed by atoms with Gasteiger partial charge in [0.1, 0.15) is 0 Å². The molecule has 0 aliphatic heterocycles. The number of hydrogen-bond acceptors (Lipinski definition) is 2. The second-order valence-electron chi connectivity index (χ2n) is 1.22. The van der Waals surface area contributed by atoms with Crippen LogP contribution in [0, 0.1) is 0 Å². The topological polar surface area (TPSA) is 34.1 Å². The molecule has 0 fully saturated rings. The zero-order valence-electron chi connectivity index (χ0n) is 3.86. The summed E-state index contributed by atoms with van der Waals surface area (Å²) < 4.78 is 52.0. The lowest BCUT2D eigenvalue weighted by Gasteiger charge is -1.99. The minimum atomic E-state index is -5.09. The van der Waals surface area contributed by atoms with E-state index >= 15 is 0 Å². The van der Waals surface area contributed by atoms with Gasteiger partial charge in [0.25, 0.3) is 7.12 Å². The lowest BCUT2D eigenvalue weighted by Crippen LogP contribution is -2.22. The molecule has 0 saturated heterocycles. The Morgan fingerprint density at radius 1 is 1.25 bits per heavy atom. The van der Waals surface area contributed by atoms with Crippen LogP contribution in [0.15, 0.2) is 0 Å². The van der Waals surface area contributed by atoms with E-state index in [0.29, 0.717) is 0 Å². The Labute approximate surface area is 44.9 Å². The van der Waals surface area contributed by atoms with Crippen LogP contribution < -0.4 is 0 Å². The Bertz CT molecular complexity index is 166. The lowest BCUT2D eigenvalue weighted by atomic mass is 10.8. The highest BCUT2D eigenvalue weighted by Gasteiger charge is 2.40. The summed E-state index contributed by atoms with van der Waals surface area (Å²) in [6, 6.07) is 0. The molecule has 0 atom stereocenters. The number of rotatable bonds is 0. The van der Waals surface area contributed by atoms with Gasteiger partial charge in [0, 0.05) is 0 Å². The molecule has 48 valence electrons. The Morgan fingerprint density at radius 2 is 1.38 bits per heavy atom. The first kappa shape index (κ1) is 7.80. The van der Waals surface area contributed by atoms with E-state index in [0.717, 1.165) is 0 Å². The molecule has 7 heteroatoms. The average molecular weight is 146 g/mol. The molecule has 0 heterocycles. The average Bonchev–Trinajstić information content (AvgIpc) is 1.25.